The van der Waals surface area contributed by atoms with Crippen LogP contribution in [0.2, 0.25) is 0 Å². The van der Waals surface area contributed by atoms with Crippen molar-refractivity contribution in [1.82, 2.24) is 14.8 Å². The van der Waals surface area contributed by atoms with Crippen molar-refractivity contribution >= 4 is 11.7 Å². The largest absolute Gasteiger partial charge is 0.459 e. The van der Waals surface area contributed by atoms with Gasteiger partial charge in [0.2, 0.25) is 0 Å². The number of benzene rings is 1. The number of cyclic esters (lactones) is 1. The number of nitrogens with zero attached hydrogens (tertiary/aromatic N) is 6. The molecule has 0 saturated carbocycles. The summed E-state index contributed by atoms with van der Waals surface area (Å²) in [5.74, 6) is -3.30. The summed E-state index contributed by atoms with van der Waals surface area (Å²) in [6.45, 7) is 17.4. The number of likely N-dealkylation sites (N-methyl/N-ethyl adjacent to an activating group) is 2. The van der Waals surface area contributed by atoms with Crippen LogP contribution in [0, 0.1) is 23.7 Å². The van der Waals surface area contributed by atoms with Crippen molar-refractivity contribution in [2.24, 2.45) is 39.2 Å². The van der Waals surface area contributed by atoms with Gasteiger partial charge in [-0.2, -0.15) is 5.11 Å². The number of halogens is 1. The average molecular weight is 1110 g/mol. The quantitative estimate of drug-likeness (QED) is 0.110. The van der Waals surface area contributed by atoms with Gasteiger partial charge in [-0.3, -0.25) is 9.80 Å². The molecule has 78 heavy (non-hydrogen) atoms. The van der Waals surface area contributed by atoms with Crippen LogP contribution in [-0.2, 0) is 38.1 Å². The van der Waals surface area contributed by atoms with Gasteiger partial charge >= 0.3 is 5.97 Å². The summed E-state index contributed by atoms with van der Waals surface area (Å²) in [6.07, 6.45) is -7.78. The standard InChI is InChI=1S/C56H95FN6O15/c1-15-44-55(10,71)48(67)35(6)62(12)27-31(2)23-53(8,70)50(33(4)45(34(5)51(69)76-44)43-25-54(9,73-14)49(68)36(7)75-43)77-52-46(66)41(22-32(3)74-52)61(11)21-20-39-28-63(60-58-39)42(26-57)47(72-13)38-18-16-37(17-19-38)40-24-56(29-64,30-65)78-59-40/h16-19,31-36,39,41-50,52,64-68,70-71H,15,20-30H2,1-14H3/t31-,32-,33+,34-,35-,36+,39?,41+,42-,43?,44-,45+,46-,47-,48-,49+,50-,52+,53-,54-,55-/m1/s1. The highest BCUT2D eigenvalue weighted by Gasteiger charge is 2.55. The third-order valence-electron chi connectivity index (χ3n) is 18.1. The van der Waals surface area contributed by atoms with E-state index in [0.29, 0.717) is 43.8 Å². The number of esters is 1. The Balaban J connectivity index is 1.21. The van der Waals surface area contributed by atoms with Crippen LogP contribution in [0.1, 0.15) is 125 Å². The molecule has 0 aromatic heterocycles. The molecule has 5 aliphatic heterocycles. The van der Waals surface area contributed by atoms with Gasteiger partial charge in [0.25, 0.3) is 0 Å². The molecule has 1 aromatic carbocycles. The van der Waals surface area contributed by atoms with E-state index in [1.54, 1.807) is 46.6 Å². The topological polar surface area (TPSA) is 270 Å². The van der Waals surface area contributed by atoms with Gasteiger partial charge in [-0.1, -0.05) is 62.3 Å². The smallest absolute Gasteiger partial charge is 0.309 e. The summed E-state index contributed by atoms with van der Waals surface area (Å²) in [5.41, 5.74) is -3.71. The van der Waals surface area contributed by atoms with Crippen LogP contribution < -0.4 is 0 Å². The van der Waals surface area contributed by atoms with Crippen molar-refractivity contribution in [2.45, 2.75) is 216 Å². The molecule has 0 amide bonds. The zero-order valence-corrected chi connectivity index (χ0v) is 48.6. The minimum Gasteiger partial charge on any atom is -0.459 e. The number of carbonyl (C=O) groups is 1. The van der Waals surface area contributed by atoms with Gasteiger partial charge in [0.15, 0.2) is 11.9 Å². The highest BCUT2D eigenvalue weighted by Crippen LogP contribution is 2.45. The van der Waals surface area contributed by atoms with Crippen molar-refractivity contribution in [3.8, 4) is 0 Å². The van der Waals surface area contributed by atoms with E-state index in [2.05, 4.69) is 15.5 Å². The molecule has 2 unspecified atom stereocenters. The molecule has 0 spiro atoms. The first-order valence-electron chi connectivity index (χ1n) is 28.1. The molecule has 21 nitrogen and oxygen atoms in total. The third-order valence-corrected chi connectivity index (χ3v) is 18.1. The second kappa shape index (κ2) is 26.4. The Morgan fingerprint density at radius 3 is 2.21 bits per heavy atom. The first-order valence-corrected chi connectivity index (χ1v) is 28.1. The van der Waals surface area contributed by atoms with Crippen LogP contribution in [-0.4, -0.2) is 232 Å². The van der Waals surface area contributed by atoms with Gasteiger partial charge in [0, 0.05) is 58.2 Å². The van der Waals surface area contributed by atoms with Gasteiger partial charge in [0.1, 0.15) is 48.8 Å². The van der Waals surface area contributed by atoms with Gasteiger partial charge in [0.05, 0.1) is 73.0 Å². The van der Waals surface area contributed by atoms with Gasteiger partial charge < -0.3 is 78.8 Å². The first kappa shape index (κ1) is 64.1. The second-order valence-electron chi connectivity index (χ2n) is 24.3. The molecule has 22 heteroatoms. The summed E-state index contributed by atoms with van der Waals surface area (Å²) in [6, 6.07) is 5.13. The van der Waals surface area contributed by atoms with E-state index in [-0.39, 0.29) is 50.9 Å². The monoisotopic (exact) mass is 1110 g/mol. The fourth-order valence-corrected chi connectivity index (χ4v) is 13.1. The molecule has 6 rings (SSSR count). The van der Waals surface area contributed by atoms with E-state index in [4.69, 9.17) is 33.3 Å². The van der Waals surface area contributed by atoms with Crippen molar-refractivity contribution < 1.29 is 78.2 Å². The molecular formula is C56H95FN6O15. The van der Waals surface area contributed by atoms with Crippen molar-refractivity contribution in [3.05, 3.63) is 35.4 Å². The Hall–Kier alpha value is -3.07. The van der Waals surface area contributed by atoms with Crippen LogP contribution in [0.4, 0.5) is 4.39 Å². The maximum atomic E-state index is 15.0. The van der Waals surface area contributed by atoms with E-state index in [1.807, 2.05) is 68.9 Å². The second-order valence-corrected chi connectivity index (χ2v) is 24.3. The van der Waals surface area contributed by atoms with E-state index >= 15 is 4.39 Å². The maximum Gasteiger partial charge on any atom is 0.309 e. The van der Waals surface area contributed by atoms with E-state index < -0.39 is 132 Å². The number of methoxy groups -OCH3 is 2. The molecule has 0 aliphatic carbocycles. The highest BCUT2D eigenvalue weighted by atomic mass is 19.1. The van der Waals surface area contributed by atoms with Crippen LogP contribution in [0.25, 0.3) is 0 Å². The summed E-state index contributed by atoms with van der Waals surface area (Å²) >= 11 is 0. The van der Waals surface area contributed by atoms with Crippen LogP contribution in [0.5, 0.6) is 0 Å². The minimum atomic E-state index is -1.84. The molecule has 21 atom stereocenters. The minimum absolute atomic E-state index is 0.164. The predicted molar refractivity (Wildman–Crippen MR) is 287 cm³/mol. The number of alkyl halides is 1. The first-order chi connectivity index (χ1) is 36.6. The molecule has 446 valence electrons. The normalized spacial score (nSPS) is 41.2. The molecule has 1 aromatic rings. The van der Waals surface area contributed by atoms with E-state index in [9.17, 15) is 40.5 Å². The molecule has 3 saturated heterocycles. The summed E-state index contributed by atoms with van der Waals surface area (Å²) in [4.78, 5) is 24.0. The Kier molecular flexibility index (Phi) is 21.7. The zero-order valence-electron chi connectivity index (χ0n) is 48.6. The fourth-order valence-electron chi connectivity index (χ4n) is 13.1. The lowest BCUT2D eigenvalue weighted by Crippen LogP contribution is -2.62. The number of hydrogen-bond donors (Lipinski definition) is 7. The molecule has 7 N–H and O–H groups in total. The summed E-state index contributed by atoms with van der Waals surface area (Å²) < 4.78 is 53.1. The Labute approximate surface area is 461 Å². The van der Waals surface area contributed by atoms with Crippen LogP contribution in [0.15, 0.2) is 39.8 Å². The molecular weight excluding hydrogens is 1020 g/mol. The van der Waals surface area contributed by atoms with Gasteiger partial charge in [-0.15, -0.1) is 0 Å². The number of aliphatic hydroxyl groups is 7. The average Bonchev–Trinajstić information content (AvgIpc) is 4.12. The number of rotatable bonds is 17. The molecule has 0 bridgehead atoms. The lowest BCUT2D eigenvalue weighted by molar-refractivity contribution is -0.303. The van der Waals surface area contributed by atoms with E-state index in [1.165, 1.54) is 21.1 Å². The van der Waals surface area contributed by atoms with Crippen molar-refractivity contribution in [2.75, 3.05) is 67.8 Å². The van der Waals surface area contributed by atoms with Gasteiger partial charge in [-0.25, -0.2) is 4.39 Å². The van der Waals surface area contributed by atoms with Crippen molar-refractivity contribution in [1.29, 1.82) is 0 Å². The Bertz CT molecular complexity index is 2140. The van der Waals surface area contributed by atoms with Crippen LogP contribution in [0.3, 0.4) is 0 Å². The molecule has 5 aliphatic rings. The number of ether oxygens (including phenoxy) is 6. The SMILES string of the molecule is CC[C@H]1OC(=O)[C@H](C)[C@@H](C2C[C@@](C)(OC)[C@@H](O)[C@H](C)O2)[C@H](C)[C@@H](O[C@@H]2O[C@H](C)C[C@H](N(C)CCC3CN([C@H](CF)[C@H](OC)c4ccc(C5=NOC(CO)(CO)C5)cc4)N=N3)[C@H]2O)[C@](C)(O)C[C@@H](C)CN(C)[C@H](C)[C@@H](O)[C@]1(C)O. The Morgan fingerprint density at radius 1 is 0.949 bits per heavy atom. The molecule has 3 fully saturated rings. The predicted octanol–water partition coefficient (Wildman–Crippen LogP) is 3.56. The Morgan fingerprint density at radius 2 is 1.62 bits per heavy atom. The zero-order chi connectivity index (χ0) is 57.8. The number of carbonyl (C=O) groups excluding carboxylic acids is 1. The summed E-state index contributed by atoms with van der Waals surface area (Å²) in [5, 5.41) is 94.5. The third kappa shape index (κ3) is 13.9. The number of hydrogen-bond acceptors (Lipinski definition) is 21. The highest BCUT2D eigenvalue weighted by molar-refractivity contribution is 6.01. The van der Waals surface area contributed by atoms with E-state index in [0.717, 1.165) is 5.56 Å². The lowest BCUT2D eigenvalue weighted by atomic mass is 9.68. The molecule has 5 heterocycles. The lowest BCUT2D eigenvalue weighted by Gasteiger charge is -2.51. The van der Waals surface area contributed by atoms with Crippen molar-refractivity contribution in [3.63, 3.8) is 0 Å². The maximum absolute atomic E-state index is 15.0. The number of oxime groups is 1. The summed E-state index contributed by atoms with van der Waals surface area (Å²) in [7, 11) is 6.78. The number of aliphatic hydroxyl groups excluding tert-OH is 5. The molecule has 0 radical (unpaired) electrons. The fraction of sp³-hybridized carbons (Fsp3) is 0.857. The van der Waals surface area contributed by atoms with Gasteiger partial charge in [-0.05, 0) is 104 Å². The van der Waals surface area contributed by atoms with Crippen LogP contribution >= 0.6 is 0 Å².